The molecule has 0 fully saturated rings. The van der Waals surface area contributed by atoms with Crippen LogP contribution in [0, 0.1) is 52.9 Å². The molecule has 0 aliphatic rings. The summed E-state index contributed by atoms with van der Waals surface area (Å²) < 4.78 is 136. The Morgan fingerprint density at radius 2 is 0.775 bits per heavy atom. The first kappa shape index (κ1) is 109. The molecule has 1 aromatic heterocycles. The molecule has 9 rings (SSSR count). The molecule has 0 radical (unpaired) electrons. The molecule has 0 amide bonds. The maximum Gasteiger partial charge on any atom is 0.419 e. The number of nitrogens with zero attached hydrogens (tertiary/aromatic N) is 1. The fourth-order valence-corrected chi connectivity index (χ4v) is 11.9. The summed E-state index contributed by atoms with van der Waals surface area (Å²) in [5.41, 5.74) is 8.53. The van der Waals surface area contributed by atoms with Gasteiger partial charge in [-0.05, 0) is 233 Å². The van der Waals surface area contributed by atoms with Crippen LogP contribution in [-0.4, -0.2) is 68.0 Å². The highest BCUT2D eigenvalue weighted by molar-refractivity contribution is 5.54. The number of para-hydroxylation sites is 1. The Hall–Kier alpha value is -9.38. The first-order chi connectivity index (χ1) is 56.8. The quantitative estimate of drug-likeness (QED) is 0.0309. The molecule has 0 bridgehead atoms. The van der Waals surface area contributed by atoms with E-state index < -0.39 is 29.2 Å². The number of benzene rings is 8. The monoisotopic (exact) mass is 1670 g/mol. The van der Waals surface area contributed by atoms with E-state index in [-0.39, 0.29) is 23.6 Å². The molecule has 0 spiro atoms. The number of ether oxygens (including phenoxy) is 9. The van der Waals surface area contributed by atoms with Crippen LogP contribution in [0.1, 0.15) is 256 Å². The van der Waals surface area contributed by atoms with Gasteiger partial charge in [0.15, 0.2) is 23.0 Å². The first-order valence-corrected chi connectivity index (χ1v) is 42.5. The number of pyridine rings is 1. The summed E-state index contributed by atoms with van der Waals surface area (Å²) >= 11 is 0. The zero-order chi connectivity index (χ0) is 90.5. The van der Waals surface area contributed by atoms with Crippen molar-refractivity contribution in [1.82, 2.24) is 4.98 Å². The number of aromatic nitrogens is 1. The van der Waals surface area contributed by atoms with Gasteiger partial charge in [-0.15, -0.1) is 0 Å². The Labute approximate surface area is 719 Å². The number of methoxy groups -OCH3 is 7. The van der Waals surface area contributed by atoms with Crippen LogP contribution in [-0.2, 0) is 38.3 Å². The van der Waals surface area contributed by atoms with E-state index in [1.54, 1.807) is 75.9 Å². The second kappa shape index (κ2) is 61.0. The van der Waals surface area contributed by atoms with E-state index in [0.717, 1.165) is 140 Å². The third-order valence-electron chi connectivity index (χ3n) is 18.2. The Morgan fingerprint density at radius 1 is 0.325 bits per heavy atom. The number of alkyl halides is 3. The van der Waals surface area contributed by atoms with Crippen molar-refractivity contribution in [3.8, 4) is 51.7 Å². The second-order valence-corrected chi connectivity index (χ2v) is 32.6. The molecule has 0 saturated carbocycles. The number of hydrogen-bond acceptors (Lipinski definition) is 10. The summed E-state index contributed by atoms with van der Waals surface area (Å²) in [6, 6.07) is 50.7. The topological polar surface area (TPSA) is 96.0 Å². The molecule has 0 atom stereocenters. The Morgan fingerprint density at radius 3 is 1.15 bits per heavy atom. The van der Waals surface area contributed by atoms with E-state index in [4.69, 9.17) is 42.6 Å². The molecule has 8 aromatic carbocycles. The van der Waals surface area contributed by atoms with Gasteiger partial charge in [0.2, 0.25) is 5.75 Å². The fourth-order valence-electron chi connectivity index (χ4n) is 11.9. The summed E-state index contributed by atoms with van der Waals surface area (Å²) in [6.45, 7) is 43.8. The van der Waals surface area contributed by atoms with Gasteiger partial charge < -0.3 is 42.6 Å². The lowest BCUT2D eigenvalue weighted by Crippen LogP contribution is -2.09. The van der Waals surface area contributed by atoms with Crippen molar-refractivity contribution in [3.63, 3.8) is 0 Å². The minimum Gasteiger partial charge on any atom is -0.497 e. The normalized spacial score (nSPS) is 10.7. The average molecular weight is 1680 g/mol. The molecule has 1 heterocycles. The number of halogens is 7. The van der Waals surface area contributed by atoms with Crippen LogP contribution in [0.4, 0.5) is 30.7 Å². The van der Waals surface area contributed by atoms with E-state index >= 15 is 0 Å². The molecule has 0 saturated heterocycles. The Bertz CT molecular complexity index is 4040. The molecule has 0 unspecified atom stereocenters. The predicted octanol–water partition coefficient (Wildman–Crippen LogP) is 29.8. The molecule has 0 N–H and O–H groups in total. The molecule has 17 heteroatoms. The fraction of sp³-hybridized carbons (Fsp3) is 0.485. The van der Waals surface area contributed by atoms with Crippen molar-refractivity contribution in [2.75, 3.05) is 63.0 Å². The van der Waals surface area contributed by atoms with Gasteiger partial charge >= 0.3 is 6.18 Å². The largest absolute Gasteiger partial charge is 0.497 e. The highest BCUT2D eigenvalue weighted by Gasteiger charge is 2.34. The highest BCUT2D eigenvalue weighted by Crippen LogP contribution is 2.39. The molecule has 0 aliphatic carbocycles. The van der Waals surface area contributed by atoms with Crippen molar-refractivity contribution in [3.05, 3.63) is 261 Å². The minimum absolute atomic E-state index is 0.0447. The number of rotatable bonds is 31. The van der Waals surface area contributed by atoms with E-state index in [0.29, 0.717) is 40.5 Å². The predicted molar refractivity (Wildman–Crippen MR) is 486 cm³/mol. The lowest BCUT2D eigenvalue weighted by atomic mass is 10.0. The summed E-state index contributed by atoms with van der Waals surface area (Å²) in [4.78, 5) is 4.01. The molecule has 0 aliphatic heterocycles. The molecular formula is C103H146F7NO9. The highest BCUT2D eigenvalue weighted by atomic mass is 19.4. The summed E-state index contributed by atoms with van der Waals surface area (Å²) in [6.07, 6.45) is 11.8. The smallest absolute Gasteiger partial charge is 0.419 e. The molecule has 120 heavy (non-hydrogen) atoms. The van der Waals surface area contributed by atoms with E-state index in [9.17, 15) is 30.7 Å². The van der Waals surface area contributed by atoms with Crippen molar-refractivity contribution in [2.45, 2.75) is 239 Å². The maximum atomic E-state index is 12.8. The average Bonchev–Trinajstić information content (AvgIpc) is 0.821. The van der Waals surface area contributed by atoms with Gasteiger partial charge in [0, 0.05) is 24.5 Å². The van der Waals surface area contributed by atoms with Crippen LogP contribution in [0.15, 0.2) is 182 Å². The summed E-state index contributed by atoms with van der Waals surface area (Å²) in [5, 5.41) is 0. The molecule has 666 valence electrons. The van der Waals surface area contributed by atoms with Gasteiger partial charge in [-0.1, -0.05) is 237 Å². The van der Waals surface area contributed by atoms with Gasteiger partial charge in [0.25, 0.3) is 0 Å². The molecular weight excluding hydrogens is 1530 g/mol. The van der Waals surface area contributed by atoms with Crippen LogP contribution >= 0.6 is 0 Å². The zero-order valence-corrected chi connectivity index (χ0v) is 77.5. The standard InChI is InChI=1S/2C15H24O.C13H20O3.2C12H18O2.C10H10F4.C9H10F2.C9H11F.C8H11N/c2*1-4-5-6-11-16-15-9-7-14(8-10-15)12-13(2)3;1-9(2)6-10-7-11(14-3)13(16-5)12(8-10)15-4;1-9(2)7-10-5-6-11(13-3)8-12(10)14-4;1-9(2)8-10-6-5-7-11(13-3)12(10)14-4;1-6(2)7-3-4-9(11)8(5-7)10(12,13)14;1-6(2)7-3-8(10)5-9(11)4-7;1-7(2)8-5-3-4-6-9(8)10;1-7(2)8-4-3-5-9-6-8/h2*7-10,13H,4-6,11-12H2,1-3H3;7-9H,6H2,1-5H3;5-6,8-9H,7H2,1-4H3;5-7,9H,8H2,1-4H3;3-6H,1-2H3;3-6H,1-2H3;3-7H,1-2H3;3-7H,1-2H3. The lowest BCUT2D eigenvalue weighted by Gasteiger charge is -2.14. The van der Waals surface area contributed by atoms with E-state index in [1.807, 2.05) is 88.5 Å². The van der Waals surface area contributed by atoms with Crippen LogP contribution < -0.4 is 42.6 Å². The third kappa shape index (κ3) is 45.9. The van der Waals surface area contributed by atoms with Gasteiger partial charge in [-0.3, -0.25) is 4.98 Å². The van der Waals surface area contributed by atoms with E-state index in [2.05, 4.69) is 169 Å². The SMILES string of the molecule is CC(C)c1cc(F)cc(F)c1.CC(C)c1ccc(F)c(C(F)(F)F)c1.CC(C)c1ccccc1F.CC(C)c1cccnc1.CCCCCOc1ccc(CC(C)C)cc1.CCCCCOc1ccc(CC(C)C)cc1.COc1cc(CC(C)C)cc(OC)c1OC.COc1ccc(CC(C)C)c(OC)c1.COc1cccc(CC(C)C)c1OC. The van der Waals surface area contributed by atoms with Crippen LogP contribution in [0.2, 0.25) is 0 Å². The van der Waals surface area contributed by atoms with Crippen LogP contribution in [0.3, 0.4) is 0 Å². The summed E-state index contributed by atoms with van der Waals surface area (Å²) in [5.74, 6) is 9.49. The van der Waals surface area contributed by atoms with Crippen molar-refractivity contribution >= 4 is 0 Å². The maximum absolute atomic E-state index is 12.8. The zero-order valence-electron chi connectivity index (χ0n) is 77.5. The third-order valence-corrected chi connectivity index (χ3v) is 18.2. The Balaban J connectivity index is 0.000000678. The minimum atomic E-state index is -4.62. The van der Waals surface area contributed by atoms with Crippen LogP contribution in [0.25, 0.3) is 0 Å². The number of unbranched alkanes of at least 4 members (excludes halogenated alkanes) is 4. The summed E-state index contributed by atoms with van der Waals surface area (Å²) in [7, 11) is 11.6. The van der Waals surface area contributed by atoms with Gasteiger partial charge in [0.1, 0.15) is 46.3 Å². The first-order valence-electron chi connectivity index (χ1n) is 42.5. The molecule has 10 nitrogen and oxygen atoms in total. The molecule has 9 aromatic rings. The van der Waals surface area contributed by atoms with Crippen molar-refractivity contribution in [1.29, 1.82) is 0 Å². The van der Waals surface area contributed by atoms with Gasteiger partial charge in [-0.25, -0.2) is 17.6 Å². The van der Waals surface area contributed by atoms with E-state index in [1.165, 1.54) is 83.3 Å². The number of hydrogen-bond donors (Lipinski definition) is 0. The van der Waals surface area contributed by atoms with Crippen molar-refractivity contribution in [2.24, 2.45) is 29.6 Å². The van der Waals surface area contributed by atoms with Gasteiger partial charge in [-0.2, -0.15) is 13.2 Å². The Kier molecular flexibility index (Phi) is 55.2. The van der Waals surface area contributed by atoms with Crippen LogP contribution in [0.5, 0.6) is 51.7 Å². The second-order valence-electron chi connectivity index (χ2n) is 32.6. The lowest BCUT2D eigenvalue weighted by molar-refractivity contribution is -0.140. The van der Waals surface area contributed by atoms with Gasteiger partial charge in [0.05, 0.1) is 68.5 Å². The van der Waals surface area contributed by atoms with Crippen molar-refractivity contribution < 1.29 is 73.4 Å².